The number of methoxy groups -OCH3 is 1. The fourth-order valence-corrected chi connectivity index (χ4v) is 4.22. The summed E-state index contributed by atoms with van der Waals surface area (Å²) in [5.41, 5.74) is 7.27. The molecule has 0 saturated carbocycles. The summed E-state index contributed by atoms with van der Waals surface area (Å²) in [6.07, 6.45) is 0.691. The maximum absolute atomic E-state index is 12.4. The van der Waals surface area contributed by atoms with Crippen LogP contribution in [0.15, 0.2) is 18.2 Å². The van der Waals surface area contributed by atoms with Crippen molar-refractivity contribution in [1.82, 2.24) is 0 Å². The largest absolute Gasteiger partial charge is 0.496 e. The number of nitrogens with two attached hydrogens (primary N) is 1. The number of primary amides is 1. The lowest BCUT2D eigenvalue weighted by molar-refractivity contribution is 0.100. The minimum atomic E-state index is -0.522. The minimum absolute atomic E-state index is 0.281. The van der Waals surface area contributed by atoms with E-state index in [1.165, 1.54) is 11.3 Å². The molecule has 0 spiro atoms. The number of hydrogen-bond donors (Lipinski definition) is 2. The van der Waals surface area contributed by atoms with Gasteiger partial charge in [-0.25, -0.2) is 0 Å². The predicted molar refractivity (Wildman–Crippen MR) is 101 cm³/mol. The van der Waals surface area contributed by atoms with Crippen molar-refractivity contribution in [2.24, 2.45) is 5.73 Å². The average Bonchev–Trinajstić information content (AvgIpc) is 2.82. The van der Waals surface area contributed by atoms with Crippen molar-refractivity contribution in [3.05, 3.63) is 43.3 Å². The van der Waals surface area contributed by atoms with Crippen molar-refractivity contribution >= 4 is 50.7 Å². The summed E-state index contributed by atoms with van der Waals surface area (Å²) >= 11 is 3.48. The van der Waals surface area contributed by atoms with Gasteiger partial charge >= 0.3 is 0 Å². The van der Waals surface area contributed by atoms with E-state index in [4.69, 9.17) is 10.5 Å². The van der Waals surface area contributed by atoms with Crippen LogP contribution >= 0.6 is 33.9 Å². The van der Waals surface area contributed by atoms with E-state index in [0.29, 0.717) is 28.3 Å². The number of benzene rings is 1. The third-order valence-electron chi connectivity index (χ3n) is 3.45. The maximum atomic E-state index is 12.4. The van der Waals surface area contributed by atoms with Crippen LogP contribution in [0.1, 0.15) is 38.1 Å². The molecule has 5 nitrogen and oxygen atoms in total. The number of hydrogen-bond acceptors (Lipinski definition) is 4. The molecule has 1 heterocycles. The number of halogens is 1. The first-order valence-corrected chi connectivity index (χ1v) is 8.85. The third kappa shape index (κ3) is 3.66. The first-order valence-electron chi connectivity index (χ1n) is 6.96. The van der Waals surface area contributed by atoms with Crippen LogP contribution in [0.3, 0.4) is 0 Å². The summed E-state index contributed by atoms with van der Waals surface area (Å²) < 4.78 is 6.02. The molecule has 0 fully saturated rings. The summed E-state index contributed by atoms with van der Waals surface area (Å²) in [5.74, 6) is -0.0944. The molecule has 2 rings (SSSR count). The lowest BCUT2D eigenvalue weighted by Gasteiger charge is -2.08. The molecule has 122 valence electrons. The molecule has 0 unspecified atom stereocenters. The first kappa shape index (κ1) is 17.7. The molecule has 0 bridgehead atoms. The van der Waals surface area contributed by atoms with Crippen molar-refractivity contribution in [2.45, 2.75) is 20.3 Å². The standard InChI is InChI=1S/C16H17IN2O3S/c1-4-10-8(2)23-16(13(10)14(18)20)19-15(21)9-5-6-12(22-3)11(17)7-9/h5-7H,4H2,1-3H3,(H2,18,20)(H,19,21). The third-order valence-corrected chi connectivity index (χ3v) is 5.36. The zero-order valence-corrected chi connectivity index (χ0v) is 16.0. The van der Waals surface area contributed by atoms with E-state index in [9.17, 15) is 9.59 Å². The van der Waals surface area contributed by atoms with Crippen LogP contribution in [0.25, 0.3) is 0 Å². The number of nitrogens with one attached hydrogen (secondary N) is 1. The molecule has 2 amide bonds. The van der Waals surface area contributed by atoms with Crippen molar-refractivity contribution < 1.29 is 14.3 Å². The van der Waals surface area contributed by atoms with Crippen LogP contribution in [-0.2, 0) is 6.42 Å². The van der Waals surface area contributed by atoms with Gasteiger partial charge in [0.2, 0.25) is 0 Å². The molecule has 0 radical (unpaired) electrons. The summed E-state index contributed by atoms with van der Waals surface area (Å²) in [7, 11) is 1.58. The van der Waals surface area contributed by atoms with Gasteiger partial charge in [0.05, 0.1) is 16.2 Å². The lowest BCUT2D eigenvalue weighted by atomic mass is 10.1. The van der Waals surface area contributed by atoms with Gasteiger partial charge in [0.15, 0.2) is 0 Å². The fraction of sp³-hybridized carbons (Fsp3) is 0.250. The summed E-state index contributed by atoms with van der Waals surface area (Å²) in [4.78, 5) is 25.2. The molecule has 1 aromatic carbocycles. The Kier molecular flexibility index (Phi) is 5.64. The Morgan fingerprint density at radius 1 is 1.39 bits per heavy atom. The number of ether oxygens (including phenoxy) is 1. The zero-order chi connectivity index (χ0) is 17.1. The molecule has 0 aliphatic heterocycles. The molecule has 0 aliphatic rings. The summed E-state index contributed by atoms with van der Waals surface area (Å²) in [6.45, 7) is 3.88. The van der Waals surface area contributed by atoms with Gasteiger partial charge in [0.1, 0.15) is 10.8 Å². The van der Waals surface area contributed by atoms with Crippen molar-refractivity contribution in [3.63, 3.8) is 0 Å². The van der Waals surface area contributed by atoms with Crippen LogP contribution in [0, 0.1) is 10.5 Å². The Hall–Kier alpha value is -1.61. The Labute approximate surface area is 152 Å². The van der Waals surface area contributed by atoms with Crippen molar-refractivity contribution in [3.8, 4) is 5.75 Å². The van der Waals surface area contributed by atoms with Gasteiger partial charge in [-0.2, -0.15) is 0 Å². The lowest BCUT2D eigenvalue weighted by Crippen LogP contribution is -2.18. The van der Waals surface area contributed by atoms with E-state index in [2.05, 4.69) is 27.9 Å². The van der Waals surface area contributed by atoms with Gasteiger partial charge in [0, 0.05) is 10.4 Å². The van der Waals surface area contributed by atoms with Gasteiger partial charge in [-0.05, 0) is 59.7 Å². The van der Waals surface area contributed by atoms with Gasteiger partial charge < -0.3 is 15.8 Å². The molecule has 3 N–H and O–H groups in total. The molecular formula is C16H17IN2O3S. The number of amides is 2. The van der Waals surface area contributed by atoms with Gasteiger partial charge in [-0.15, -0.1) is 11.3 Å². The Morgan fingerprint density at radius 3 is 2.61 bits per heavy atom. The second kappa shape index (κ2) is 7.31. The number of thiophene rings is 1. The van der Waals surface area contributed by atoms with Crippen LogP contribution in [-0.4, -0.2) is 18.9 Å². The molecule has 0 atom stereocenters. The fourth-order valence-electron chi connectivity index (χ4n) is 2.34. The van der Waals surface area contributed by atoms with Crippen molar-refractivity contribution in [1.29, 1.82) is 0 Å². The van der Waals surface area contributed by atoms with Crippen LogP contribution in [0.4, 0.5) is 5.00 Å². The average molecular weight is 444 g/mol. The van der Waals surface area contributed by atoms with E-state index >= 15 is 0 Å². The topological polar surface area (TPSA) is 81.4 Å². The maximum Gasteiger partial charge on any atom is 0.256 e. The van der Waals surface area contributed by atoms with Gasteiger partial charge in [-0.1, -0.05) is 6.92 Å². The molecule has 2 aromatic rings. The quantitative estimate of drug-likeness (QED) is 0.692. The van der Waals surface area contributed by atoms with E-state index in [1.807, 2.05) is 13.8 Å². The summed E-state index contributed by atoms with van der Waals surface area (Å²) in [6, 6.07) is 5.16. The Balaban J connectivity index is 2.34. The van der Waals surface area contributed by atoms with Gasteiger partial charge in [0.25, 0.3) is 11.8 Å². The number of rotatable bonds is 5. The van der Waals surface area contributed by atoms with Crippen molar-refractivity contribution in [2.75, 3.05) is 12.4 Å². The Morgan fingerprint density at radius 2 is 2.09 bits per heavy atom. The number of carbonyl (C=O) groups excluding carboxylic acids is 2. The van der Waals surface area contributed by atoms with Crippen LogP contribution in [0.2, 0.25) is 0 Å². The van der Waals surface area contributed by atoms with E-state index in [1.54, 1.807) is 25.3 Å². The molecular weight excluding hydrogens is 427 g/mol. The zero-order valence-electron chi connectivity index (χ0n) is 13.0. The second-order valence-corrected chi connectivity index (χ2v) is 7.25. The highest BCUT2D eigenvalue weighted by Crippen LogP contribution is 2.33. The number of anilines is 1. The SMILES string of the molecule is CCc1c(C)sc(NC(=O)c2ccc(OC)c(I)c2)c1C(N)=O. The van der Waals surface area contributed by atoms with E-state index in [0.717, 1.165) is 14.0 Å². The van der Waals surface area contributed by atoms with Gasteiger partial charge in [-0.3, -0.25) is 9.59 Å². The molecule has 1 aromatic heterocycles. The smallest absolute Gasteiger partial charge is 0.256 e. The highest BCUT2D eigenvalue weighted by molar-refractivity contribution is 14.1. The van der Waals surface area contributed by atoms with E-state index in [-0.39, 0.29) is 5.91 Å². The number of aryl methyl sites for hydroxylation is 1. The van der Waals surface area contributed by atoms with E-state index < -0.39 is 5.91 Å². The summed E-state index contributed by atoms with van der Waals surface area (Å²) in [5, 5.41) is 3.31. The first-order chi connectivity index (χ1) is 10.9. The highest BCUT2D eigenvalue weighted by atomic mass is 127. The Bertz CT molecular complexity index is 771. The van der Waals surface area contributed by atoms with Crippen LogP contribution in [0.5, 0.6) is 5.75 Å². The molecule has 0 aliphatic carbocycles. The highest BCUT2D eigenvalue weighted by Gasteiger charge is 2.21. The van der Waals surface area contributed by atoms with Crippen LogP contribution < -0.4 is 15.8 Å². The number of carbonyl (C=O) groups is 2. The second-order valence-electron chi connectivity index (χ2n) is 4.86. The predicted octanol–water partition coefficient (Wildman–Crippen LogP) is 3.58. The molecule has 0 saturated heterocycles. The minimum Gasteiger partial charge on any atom is -0.496 e. The normalized spacial score (nSPS) is 10.4. The molecule has 23 heavy (non-hydrogen) atoms. The molecule has 7 heteroatoms. The monoisotopic (exact) mass is 444 g/mol.